The lowest BCUT2D eigenvalue weighted by molar-refractivity contribution is 0.288. The van der Waals surface area contributed by atoms with Crippen molar-refractivity contribution in [1.82, 2.24) is 10.3 Å². The van der Waals surface area contributed by atoms with Gasteiger partial charge < -0.3 is 5.32 Å². The van der Waals surface area contributed by atoms with Crippen molar-refractivity contribution < 1.29 is 0 Å². The lowest BCUT2D eigenvalue weighted by atomic mass is 9.88. The Morgan fingerprint density at radius 2 is 2.13 bits per heavy atom. The van der Waals surface area contributed by atoms with Gasteiger partial charge in [0.05, 0.1) is 5.01 Å². The highest BCUT2D eigenvalue weighted by atomic mass is 32.1. The molecule has 0 fully saturated rings. The van der Waals surface area contributed by atoms with Crippen LogP contribution in [-0.4, -0.2) is 17.6 Å². The minimum absolute atomic E-state index is 0.337. The quantitative estimate of drug-likeness (QED) is 0.853. The zero-order valence-electron chi connectivity index (χ0n) is 10.4. The van der Waals surface area contributed by atoms with Crippen LogP contribution in [0.1, 0.15) is 37.6 Å². The summed E-state index contributed by atoms with van der Waals surface area (Å²) in [5.41, 5.74) is 0.337. The molecule has 1 atom stereocenters. The van der Waals surface area contributed by atoms with Crippen LogP contribution < -0.4 is 5.32 Å². The van der Waals surface area contributed by atoms with Crippen LogP contribution in [0.4, 0.5) is 0 Å². The Bertz CT molecular complexity index is 299. The maximum Gasteiger partial charge on any atom is 0.0896 e. The van der Waals surface area contributed by atoms with Crippen LogP contribution in [0.3, 0.4) is 0 Å². The summed E-state index contributed by atoms with van der Waals surface area (Å²) in [6.45, 7) is 12.1. The van der Waals surface area contributed by atoms with E-state index in [1.54, 1.807) is 11.3 Å². The number of nitrogens with zero attached hydrogens (tertiary/aromatic N) is 1. The zero-order chi connectivity index (χ0) is 11.5. The second-order valence-corrected chi connectivity index (χ2v) is 6.46. The third-order valence-electron chi connectivity index (χ3n) is 2.79. The van der Waals surface area contributed by atoms with Gasteiger partial charge in [-0.15, -0.1) is 11.3 Å². The molecule has 0 aliphatic heterocycles. The number of hydrogen-bond donors (Lipinski definition) is 1. The van der Waals surface area contributed by atoms with Crippen molar-refractivity contribution in [3.05, 3.63) is 16.1 Å². The smallest absolute Gasteiger partial charge is 0.0896 e. The predicted octanol–water partition coefficient (Wildman–Crippen LogP) is 3.02. The van der Waals surface area contributed by atoms with Gasteiger partial charge >= 0.3 is 0 Å². The average Bonchev–Trinajstić information content (AvgIpc) is 2.49. The molecule has 1 N–H and O–H groups in total. The minimum Gasteiger partial charge on any atom is -0.313 e. The zero-order valence-corrected chi connectivity index (χ0v) is 11.2. The van der Waals surface area contributed by atoms with Gasteiger partial charge in [0.1, 0.15) is 0 Å². The first-order valence-electron chi connectivity index (χ1n) is 5.54. The number of thiazole rings is 1. The maximum atomic E-state index is 4.25. The molecular formula is C12H22N2S. The van der Waals surface area contributed by atoms with E-state index in [0.29, 0.717) is 11.5 Å². The summed E-state index contributed by atoms with van der Waals surface area (Å²) in [6.07, 6.45) is 3.08. The fraction of sp³-hybridized carbons (Fsp3) is 0.750. The summed E-state index contributed by atoms with van der Waals surface area (Å²) in [5, 5.41) is 4.72. The molecule has 3 heteroatoms. The van der Waals surface area contributed by atoms with E-state index >= 15 is 0 Å². The SMILES string of the molecule is Cc1ncc(CCNC(C)C(C)(C)C)s1. The molecular weight excluding hydrogens is 204 g/mol. The van der Waals surface area contributed by atoms with Crippen LogP contribution in [0.2, 0.25) is 0 Å². The van der Waals surface area contributed by atoms with E-state index < -0.39 is 0 Å². The van der Waals surface area contributed by atoms with Crippen molar-refractivity contribution in [3.63, 3.8) is 0 Å². The molecule has 0 spiro atoms. The Hall–Kier alpha value is -0.410. The molecule has 1 heterocycles. The number of hydrogen-bond acceptors (Lipinski definition) is 3. The van der Waals surface area contributed by atoms with Crippen molar-refractivity contribution >= 4 is 11.3 Å². The molecule has 0 bridgehead atoms. The first-order chi connectivity index (χ1) is 6.89. The summed E-state index contributed by atoms with van der Waals surface area (Å²) in [7, 11) is 0. The van der Waals surface area contributed by atoms with E-state index in [1.807, 2.05) is 6.20 Å². The molecule has 1 aromatic heterocycles. The minimum atomic E-state index is 0.337. The Kier molecular flexibility index (Phi) is 4.29. The van der Waals surface area contributed by atoms with Crippen LogP contribution in [0.15, 0.2) is 6.20 Å². The van der Waals surface area contributed by atoms with Crippen LogP contribution in [-0.2, 0) is 6.42 Å². The van der Waals surface area contributed by atoms with Gasteiger partial charge in [0, 0.05) is 23.7 Å². The van der Waals surface area contributed by atoms with Crippen LogP contribution in [0.5, 0.6) is 0 Å². The van der Waals surface area contributed by atoms with Crippen molar-refractivity contribution in [2.45, 2.75) is 47.1 Å². The Labute approximate surface area is 97.1 Å². The number of aryl methyl sites for hydroxylation is 1. The number of aromatic nitrogens is 1. The van der Waals surface area contributed by atoms with Crippen molar-refractivity contribution in [2.75, 3.05) is 6.54 Å². The van der Waals surface area contributed by atoms with E-state index in [1.165, 1.54) is 4.88 Å². The normalized spacial score (nSPS) is 14.2. The molecule has 0 amide bonds. The topological polar surface area (TPSA) is 24.9 Å². The van der Waals surface area contributed by atoms with Gasteiger partial charge in [0.25, 0.3) is 0 Å². The lowest BCUT2D eigenvalue weighted by Gasteiger charge is -2.28. The average molecular weight is 226 g/mol. The van der Waals surface area contributed by atoms with Gasteiger partial charge in [-0.1, -0.05) is 20.8 Å². The summed E-state index contributed by atoms with van der Waals surface area (Å²) < 4.78 is 0. The highest BCUT2D eigenvalue weighted by Gasteiger charge is 2.18. The molecule has 15 heavy (non-hydrogen) atoms. The van der Waals surface area contributed by atoms with Crippen LogP contribution in [0.25, 0.3) is 0 Å². The van der Waals surface area contributed by atoms with Crippen molar-refractivity contribution in [2.24, 2.45) is 5.41 Å². The van der Waals surface area contributed by atoms with Gasteiger partial charge in [0.15, 0.2) is 0 Å². The standard InChI is InChI=1S/C12H22N2S/c1-9(12(3,4)5)13-7-6-11-8-14-10(2)15-11/h8-9,13H,6-7H2,1-5H3. The maximum absolute atomic E-state index is 4.25. The monoisotopic (exact) mass is 226 g/mol. The van der Waals surface area contributed by atoms with Gasteiger partial charge in [0.2, 0.25) is 0 Å². The Morgan fingerprint density at radius 1 is 1.47 bits per heavy atom. The predicted molar refractivity (Wildman–Crippen MR) is 67.5 cm³/mol. The molecule has 1 unspecified atom stereocenters. The molecule has 0 aromatic carbocycles. The fourth-order valence-electron chi connectivity index (χ4n) is 1.24. The highest BCUT2D eigenvalue weighted by molar-refractivity contribution is 7.11. The summed E-state index contributed by atoms with van der Waals surface area (Å²) in [4.78, 5) is 5.63. The molecule has 0 aliphatic carbocycles. The molecule has 0 saturated heterocycles. The van der Waals surface area contributed by atoms with Gasteiger partial charge in [-0.3, -0.25) is 0 Å². The second-order valence-electron chi connectivity index (χ2n) is 5.14. The van der Waals surface area contributed by atoms with E-state index in [9.17, 15) is 0 Å². The second kappa shape index (κ2) is 5.08. The largest absolute Gasteiger partial charge is 0.313 e. The molecule has 2 nitrogen and oxygen atoms in total. The van der Waals surface area contributed by atoms with Crippen molar-refractivity contribution in [1.29, 1.82) is 0 Å². The van der Waals surface area contributed by atoms with E-state index in [4.69, 9.17) is 0 Å². The first-order valence-corrected chi connectivity index (χ1v) is 6.36. The Balaban J connectivity index is 2.28. The molecule has 0 saturated carbocycles. The third kappa shape index (κ3) is 4.31. The summed E-state index contributed by atoms with van der Waals surface area (Å²) >= 11 is 1.80. The fourth-order valence-corrected chi connectivity index (χ4v) is 2.03. The van der Waals surface area contributed by atoms with E-state index in [2.05, 4.69) is 44.9 Å². The summed E-state index contributed by atoms with van der Waals surface area (Å²) in [5.74, 6) is 0. The number of rotatable bonds is 4. The van der Waals surface area contributed by atoms with E-state index in [-0.39, 0.29) is 0 Å². The highest BCUT2D eigenvalue weighted by Crippen LogP contribution is 2.18. The first kappa shape index (κ1) is 12.7. The molecule has 1 aromatic rings. The van der Waals surface area contributed by atoms with Gasteiger partial charge in [-0.2, -0.15) is 0 Å². The molecule has 86 valence electrons. The molecule has 0 radical (unpaired) electrons. The van der Waals surface area contributed by atoms with Gasteiger partial charge in [-0.05, 0) is 25.7 Å². The Morgan fingerprint density at radius 3 is 2.60 bits per heavy atom. The number of nitrogens with one attached hydrogen (secondary N) is 1. The molecule has 0 aliphatic rings. The summed E-state index contributed by atoms with van der Waals surface area (Å²) in [6, 6.07) is 0.548. The van der Waals surface area contributed by atoms with Crippen LogP contribution >= 0.6 is 11.3 Å². The molecule has 1 rings (SSSR count). The van der Waals surface area contributed by atoms with Crippen LogP contribution in [0, 0.1) is 12.3 Å². The van der Waals surface area contributed by atoms with Gasteiger partial charge in [-0.25, -0.2) is 4.98 Å². The van der Waals surface area contributed by atoms with E-state index in [0.717, 1.165) is 18.0 Å². The van der Waals surface area contributed by atoms with Crippen molar-refractivity contribution in [3.8, 4) is 0 Å². The third-order valence-corrected chi connectivity index (χ3v) is 3.76. The lowest BCUT2D eigenvalue weighted by Crippen LogP contribution is -2.38.